The lowest BCUT2D eigenvalue weighted by molar-refractivity contribution is 0.0732. The number of anilines is 1. The Hall–Kier alpha value is -3.12. The smallest absolute Gasteiger partial charge is 0.254 e. The van der Waals surface area contributed by atoms with Crippen LogP contribution >= 0.6 is 0 Å². The third-order valence-electron chi connectivity index (χ3n) is 6.60. The van der Waals surface area contributed by atoms with E-state index in [1.165, 1.54) is 6.42 Å². The predicted octanol–water partition coefficient (Wildman–Crippen LogP) is 5.23. The minimum atomic E-state index is 0.0309. The topological polar surface area (TPSA) is 52.8 Å². The molecule has 1 fully saturated rings. The van der Waals surface area contributed by atoms with Gasteiger partial charge in [0.2, 0.25) is 5.88 Å². The van der Waals surface area contributed by atoms with E-state index in [2.05, 4.69) is 34.0 Å². The van der Waals surface area contributed by atoms with Crippen LogP contribution in [-0.4, -0.2) is 60.6 Å². The van der Waals surface area contributed by atoms with E-state index in [1.807, 2.05) is 68.4 Å². The monoisotopic (exact) mass is 460 g/mol. The second kappa shape index (κ2) is 10.9. The maximum absolute atomic E-state index is 13.7. The molecule has 0 N–H and O–H groups in total. The summed E-state index contributed by atoms with van der Waals surface area (Å²) >= 11 is 0. The van der Waals surface area contributed by atoms with Crippen molar-refractivity contribution < 1.29 is 9.32 Å². The zero-order valence-electron chi connectivity index (χ0n) is 20.8. The highest BCUT2D eigenvalue weighted by molar-refractivity contribution is 5.94. The van der Waals surface area contributed by atoms with Gasteiger partial charge in [-0.1, -0.05) is 53.2 Å². The van der Waals surface area contributed by atoms with Gasteiger partial charge in [-0.2, -0.15) is 0 Å². The quantitative estimate of drug-likeness (QED) is 0.461. The second-order valence-corrected chi connectivity index (χ2v) is 9.62. The Labute approximate surface area is 203 Å². The van der Waals surface area contributed by atoms with Gasteiger partial charge >= 0.3 is 0 Å². The van der Waals surface area contributed by atoms with Gasteiger partial charge in [0.1, 0.15) is 5.69 Å². The molecular weight excluding hydrogens is 424 g/mol. The van der Waals surface area contributed by atoms with Gasteiger partial charge in [0.15, 0.2) is 0 Å². The van der Waals surface area contributed by atoms with E-state index >= 15 is 0 Å². The third-order valence-corrected chi connectivity index (χ3v) is 6.60. The molecule has 3 aromatic rings. The van der Waals surface area contributed by atoms with Crippen LogP contribution in [0.15, 0.2) is 59.1 Å². The molecular formula is C28H36N4O2. The number of aryl methyl sites for hydroxylation is 1. The van der Waals surface area contributed by atoms with Crippen LogP contribution in [0.1, 0.15) is 47.7 Å². The van der Waals surface area contributed by atoms with Crippen LogP contribution in [0.3, 0.4) is 0 Å². The summed E-state index contributed by atoms with van der Waals surface area (Å²) in [7, 11) is 4.07. The first kappa shape index (κ1) is 24.0. The molecule has 180 valence electrons. The van der Waals surface area contributed by atoms with Crippen LogP contribution in [-0.2, 0) is 6.54 Å². The largest absolute Gasteiger partial charge is 0.338 e. The van der Waals surface area contributed by atoms with Crippen molar-refractivity contribution in [2.24, 2.45) is 0 Å². The Morgan fingerprint density at radius 2 is 1.88 bits per heavy atom. The number of nitrogens with zero attached hydrogens (tertiary/aromatic N) is 4. The summed E-state index contributed by atoms with van der Waals surface area (Å²) in [4.78, 5) is 20.1. The molecule has 1 aromatic heterocycles. The lowest BCUT2D eigenvalue weighted by Gasteiger charge is -2.34. The normalized spacial score (nSPS) is 16.1. The van der Waals surface area contributed by atoms with E-state index in [-0.39, 0.29) is 5.91 Å². The number of benzene rings is 2. The molecule has 0 spiro atoms. The van der Waals surface area contributed by atoms with E-state index in [9.17, 15) is 4.79 Å². The third kappa shape index (κ3) is 5.50. The Morgan fingerprint density at radius 3 is 2.59 bits per heavy atom. The van der Waals surface area contributed by atoms with Gasteiger partial charge in [0.05, 0.1) is 12.1 Å². The van der Waals surface area contributed by atoms with Crippen LogP contribution in [0.25, 0.3) is 11.3 Å². The van der Waals surface area contributed by atoms with Crippen molar-refractivity contribution in [3.63, 3.8) is 0 Å². The van der Waals surface area contributed by atoms with E-state index in [1.54, 1.807) is 0 Å². The lowest BCUT2D eigenvalue weighted by atomic mass is 10.0. The number of carbonyl (C=O) groups excluding carboxylic acids is 1. The van der Waals surface area contributed by atoms with E-state index < -0.39 is 0 Å². The Bertz CT molecular complexity index is 1090. The molecule has 0 aliphatic carbocycles. The molecule has 0 bridgehead atoms. The first-order valence-corrected chi connectivity index (χ1v) is 12.3. The van der Waals surface area contributed by atoms with Crippen LogP contribution in [0, 0.1) is 6.92 Å². The molecule has 4 rings (SSSR count). The SMILES string of the molecule is Cc1cccc(C(=O)N(CCN(C)C)Cc2c(-c3ccccc3)noc2N2CCCC[C@@H]2C)c1. The summed E-state index contributed by atoms with van der Waals surface area (Å²) in [6, 6.07) is 18.3. The molecule has 1 atom stereocenters. The molecule has 1 amide bonds. The van der Waals surface area contributed by atoms with Crippen molar-refractivity contribution in [2.75, 3.05) is 38.6 Å². The molecule has 0 saturated carbocycles. The summed E-state index contributed by atoms with van der Waals surface area (Å²) in [5.41, 5.74) is 4.60. The van der Waals surface area contributed by atoms with Crippen LogP contribution in [0.5, 0.6) is 0 Å². The van der Waals surface area contributed by atoms with E-state index in [0.29, 0.717) is 24.7 Å². The first-order chi connectivity index (χ1) is 16.4. The maximum atomic E-state index is 13.7. The number of hydrogen-bond donors (Lipinski definition) is 0. The van der Waals surface area contributed by atoms with Gasteiger partial charge in [0, 0.05) is 36.8 Å². The second-order valence-electron chi connectivity index (χ2n) is 9.62. The molecule has 2 heterocycles. The average molecular weight is 461 g/mol. The predicted molar refractivity (Wildman–Crippen MR) is 137 cm³/mol. The van der Waals surface area contributed by atoms with Gasteiger partial charge in [-0.3, -0.25) is 4.79 Å². The summed E-state index contributed by atoms with van der Waals surface area (Å²) < 4.78 is 6.02. The van der Waals surface area contributed by atoms with Crippen molar-refractivity contribution in [3.05, 3.63) is 71.3 Å². The van der Waals surface area contributed by atoms with E-state index in [0.717, 1.165) is 54.2 Å². The minimum Gasteiger partial charge on any atom is -0.338 e. The van der Waals surface area contributed by atoms with Crippen molar-refractivity contribution in [1.82, 2.24) is 15.0 Å². The first-order valence-electron chi connectivity index (χ1n) is 12.3. The molecule has 6 heteroatoms. The number of piperidine rings is 1. The molecule has 1 saturated heterocycles. The van der Waals surface area contributed by atoms with Gasteiger partial charge in [-0.25, -0.2) is 0 Å². The molecule has 2 aromatic carbocycles. The molecule has 0 unspecified atom stereocenters. The number of rotatable bonds is 8. The standard InChI is InChI=1S/C28H36N4O2/c1-21-11-10-15-24(19-21)27(33)31(18-17-30(3)4)20-25-26(23-13-6-5-7-14-23)29-34-28(25)32-16-9-8-12-22(32)2/h5-7,10-11,13-15,19,22H,8-9,12,16-18,20H2,1-4H3/t22-/m0/s1. The number of carbonyl (C=O) groups is 1. The highest BCUT2D eigenvalue weighted by Crippen LogP contribution is 2.35. The number of aromatic nitrogens is 1. The summed E-state index contributed by atoms with van der Waals surface area (Å²) in [5, 5.41) is 4.53. The van der Waals surface area contributed by atoms with Crippen molar-refractivity contribution in [1.29, 1.82) is 0 Å². The van der Waals surface area contributed by atoms with Crippen molar-refractivity contribution >= 4 is 11.8 Å². The molecule has 1 aliphatic heterocycles. The van der Waals surface area contributed by atoms with Gasteiger partial charge in [0.25, 0.3) is 5.91 Å². The van der Waals surface area contributed by atoms with Gasteiger partial charge in [-0.05, 0) is 59.3 Å². The Kier molecular flexibility index (Phi) is 7.68. The van der Waals surface area contributed by atoms with Gasteiger partial charge < -0.3 is 19.2 Å². The fourth-order valence-electron chi connectivity index (χ4n) is 4.62. The number of hydrogen-bond acceptors (Lipinski definition) is 5. The molecule has 34 heavy (non-hydrogen) atoms. The van der Waals surface area contributed by atoms with Crippen LogP contribution in [0.2, 0.25) is 0 Å². The summed E-state index contributed by atoms with van der Waals surface area (Å²) in [6.07, 6.45) is 3.50. The van der Waals surface area contributed by atoms with Crippen molar-refractivity contribution in [3.8, 4) is 11.3 Å². The fourth-order valence-corrected chi connectivity index (χ4v) is 4.62. The molecule has 6 nitrogen and oxygen atoms in total. The average Bonchev–Trinajstić information content (AvgIpc) is 3.25. The van der Waals surface area contributed by atoms with Crippen LogP contribution < -0.4 is 4.90 Å². The number of likely N-dealkylation sites (N-methyl/N-ethyl adjacent to an activating group) is 1. The Morgan fingerprint density at radius 1 is 1.09 bits per heavy atom. The van der Waals surface area contributed by atoms with Crippen LogP contribution in [0.4, 0.5) is 5.88 Å². The highest BCUT2D eigenvalue weighted by Gasteiger charge is 2.30. The zero-order chi connectivity index (χ0) is 24.1. The van der Waals surface area contributed by atoms with Crippen molar-refractivity contribution in [2.45, 2.75) is 45.7 Å². The van der Waals surface area contributed by atoms with E-state index in [4.69, 9.17) is 4.52 Å². The minimum absolute atomic E-state index is 0.0309. The molecule has 1 aliphatic rings. The maximum Gasteiger partial charge on any atom is 0.254 e. The highest BCUT2D eigenvalue weighted by atomic mass is 16.5. The van der Waals surface area contributed by atoms with Gasteiger partial charge in [-0.15, -0.1) is 0 Å². The lowest BCUT2D eigenvalue weighted by Crippen LogP contribution is -2.39. The summed E-state index contributed by atoms with van der Waals surface area (Å²) in [6.45, 7) is 7.06. The number of amides is 1. The zero-order valence-corrected chi connectivity index (χ0v) is 20.8. The fraction of sp³-hybridized carbons (Fsp3) is 0.429. The Balaban J connectivity index is 1.74. The molecule has 0 radical (unpaired) electrons. The summed E-state index contributed by atoms with van der Waals surface area (Å²) in [5.74, 6) is 0.835.